The lowest BCUT2D eigenvalue weighted by molar-refractivity contribution is 0.572. The van der Waals surface area contributed by atoms with Gasteiger partial charge >= 0.3 is 0 Å². The summed E-state index contributed by atoms with van der Waals surface area (Å²) >= 11 is 0. The van der Waals surface area contributed by atoms with E-state index in [9.17, 15) is 0 Å². The lowest BCUT2D eigenvalue weighted by Gasteiger charge is -2.07. The van der Waals surface area contributed by atoms with Crippen molar-refractivity contribution in [2.45, 2.75) is 39.0 Å². The molecule has 3 N–H and O–H groups in total. The van der Waals surface area contributed by atoms with Crippen molar-refractivity contribution in [2.24, 2.45) is 11.3 Å². The minimum absolute atomic E-state index is 0.333. The predicted octanol–water partition coefficient (Wildman–Crippen LogP) is 1.79. The van der Waals surface area contributed by atoms with Gasteiger partial charge in [-0.25, -0.2) is 0 Å². The predicted molar refractivity (Wildman–Crippen MR) is 66.6 cm³/mol. The summed E-state index contributed by atoms with van der Waals surface area (Å²) in [4.78, 5) is 12.7. The normalized spacial score (nSPS) is 25.6. The molecular weight excluding hydrogens is 214 g/mol. The molecule has 1 aromatic heterocycles. The van der Waals surface area contributed by atoms with Gasteiger partial charge in [0.25, 0.3) is 0 Å². The van der Waals surface area contributed by atoms with Crippen molar-refractivity contribution in [3.05, 3.63) is 5.82 Å². The summed E-state index contributed by atoms with van der Waals surface area (Å²) < 4.78 is 0. The number of aromatic nitrogens is 3. The molecule has 1 heterocycles. The third-order valence-corrected chi connectivity index (χ3v) is 3.84. The first-order valence-electron chi connectivity index (χ1n) is 6.30. The van der Waals surface area contributed by atoms with Crippen molar-refractivity contribution in [1.29, 1.82) is 0 Å². The zero-order chi connectivity index (χ0) is 12.0. The monoisotopic (exact) mass is 233 g/mol. The molecule has 0 aromatic carbocycles. The van der Waals surface area contributed by atoms with Crippen LogP contribution in [0.4, 0.5) is 11.9 Å². The molecule has 17 heavy (non-hydrogen) atoms. The van der Waals surface area contributed by atoms with Crippen LogP contribution in [0.5, 0.6) is 0 Å². The van der Waals surface area contributed by atoms with Crippen molar-refractivity contribution < 1.29 is 0 Å². The van der Waals surface area contributed by atoms with E-state index >= 15 is 0 Å². The maximum atomic E-state index is 5.70. The summed E-state index contributed by atoms with van der Waals surface area (Å²) in [6.45, 7) is 5.51. The van der Waals surface area contributed by atoms with Crippen LogP contribution in [0.25, 0.3) is 0 Å². The van der Waals surface area contributed by atoms with Crippen molar-refractivity contribution >= 4 is 11.9 Å². The van der Waals surface area contributed by atoms with Crippen LogP contribution in [0.3, 0.4) is 0 Å². The van der Waals surface area contributed by atoms with E-state index in [1.165, 1.54) is 19.3 Å². The summed E-state index contributed by atoms with van der Waals surface area (Å²) in [6.07, 6.45) is 3.63. The van der Waals surface area contributed by atoms with E-state index in [-0.39, 0.29) is 0 Å². The third kappa shape index (κ3) is 2.33. The van der Waals surface area contributed by atoms with Crippen molar-refractivity contribution in [3.63, 3.8) is 0 Å². The van der Waals surface area contributed by atoms with E-state index < -0.39 is 0 Å². The third-order valence-electron chi connectivity index (χ3n) is 3.84. The van der Waals surface area contributed by atoms with Crippen molar-refractivity contribution in [1.82, 2.24) is 15.0 Å². The van der Waals surface area contributed by atoms with Crippen LogP contribution in [0, 0.1) is 11.3 Å². The molecule has 5 heteroatoms. The second kappa shape index (κ2) is 3.55. The fourth-order valence-corrected chi connectivity index (χ4v) is 2.15. The second-order valence-corrected chi connectivity index (χ2v) is 5.92. The number of nitrogens with zero attached hydrogens (tertiary/aromatic N) is 3. The molecule has 5 nitrogen and oxygen atoms in total. The Labute approximate surface area is 101 Å². The van der Waals surface area contributed by atoms with E-state index in [1.54, 1.807) is 0 Å². The Morgan fingerprint density at radius 1 is 1.29 bits per heavy atom. The maximum absolute atomic E-state index is 5.70. The minimum Gasteiger partial charge on any atom is -0.368 e. The quantitative estimate of drug-likeness (QED) is 0.829. The van der Waals surface area contributed by atoms with Crippen molar-refractivity contribution in [3.8, 4) is 0 Å². The first-order chi connectivity index (χ1) is 8.04. The summed E-state index contributed by atoms with van der Waals surface area (Å²) in [7, 11) is 0. The first-order valence-corrected chi connectivity index (χ1v) is 6.30. The van der Waals surface area contributed by atoms with Gasteiger partial charge in [-0.15, -0.1) is 0 Å². The molecule has 0 saturated heterocycles. The van der Waals surface area contributed by atoms with Gasteiger partial charge in [-0.2, -0.15) is 15.0 Å². The highest BCUT2D eigenvalue weighted by Crippen LogP contribution is 2.51. The van der Waals surface area contributed by atoms with Gasteiger partial charge in [-0.3, -0.25) is 0 Å². The van der Waals surface area contributed by atoms with E-state index in [1.807, 2.05) is 0 Å². The van der Waals surface area contributed by atoms with Gasteiger partial charge in [0.15, 0.2) is 0 Å². The molecule has 0 radical (unpaired) electrons. The molecule has 3 rings (SSSR count). The fourth-order valence-electron chi connectivity index (χ4n) is 2.15. The summed E-state index contributed by atoms with van der Waals surface area (Å²) in [5, 5.41) is 3.28. The highest BCUT2D eigenvalue weighted by Gasteiger charge is 2.45. The molecule has 0 bridgehead atoms. The van der Waals surface area contributed by atoms with Gasteiger partial charge in [-0.1, -0.05) is 13.8 Å². The van der Waals surface area contributed by atoms with Crippen LogP contribution in [0.1, 0.15) is 44.9 Å². The summed E-state index contributed by atoms with van der Waals surface area (Å²) in [6, 6.07) is 0. The van der Waals surface area contributed by atoms with Gasteiger partial charge in [0, 0.05) is 12.5 Å². The molecule has 2 aliphatic carbocycles. The van der Waals surface area contributed by atoms with E-state index in [0.29, 0.717) is 23.2 Å². The molecule has 0 amide bonds. The standard InChI is InChI=1S/C12H19N5/c1-12(2)5-8(12)6-14-11-16-9(7-3-4-7)15-10(13)17-11/h7-8H,3-6H2,1-2H3,(H3,13,14,15,16,17). The molecule has 1 unspecified atom stereocenters. The smallest absolute Gasteiger partial charge is 0.227 e. The van der Waals surface area contributed by atoms with Crippen molar-refractivity contribution in [2.75, 3.05) is 17.6 Å². The molecular formula is C12H19N5. The lowest BCUT2D eigenvalue weighted by atomic mass is 10.1. The topological polar surface area (TPSA) is 76.7 Å². The molecule has 0 spiro atoms. The maximum Gasteiger partial charge on any atom is 0.227 e. The van der Waals surface area contributed by atoms with Crippen LogP contribution in [-0.4, -0.2) is 21.5 Å². The van der Waals surface area contributed by atoms with Gasteiger partial charge in [0.1, 0.15) is 5.82 Å². The number of hydrogen-bond acceptors (Lipinski definition) is 5. The molecule has 1 atom stereocenters. The van der Waals surface area contributed by atoms with E-state index in [4.69, 9.17) is 5.73 Å². The van der Waals surface area contributed by atoms with Gasteiger partial charge in [0.2, 0.25) is 11.9 Å². The lowest BCUT2D eigenvalue weighted by Crippen LogP contribution is -2.12. The number of nitrogen functional groups attached to an aromatic ring is 1. The Balaban J connectivity index is 1.66. The number of rotatable bonds is 4. The zero-order valence-corrected chi connectivity index (χ0v) is 10.4. The van der Waals surface area contributed by atoms with Crippen LogP contribution in [0.2, 0.25) is 0 Å². The number of hydrogen-bond donors (Lipinski definition) is 2. The average molecular weight is 233 g/mol. The largest absolute Gasteiger partial charge is 0.368 e. The molecule has 2 fully saturated rings. The van der Waals surface area contributed by atoms with Crippen LogP contribution >= 0.6 is 0 Å². The number of nitrogens with two attached hydrogens (primary N) is 1. The Morgan fingerprint density at radius 3 is 2.59 bits per heavy atom. The highest BCUT2D eigenvalue weighted by molar-refractivity contribution is 5.33. The Morgan fingerprint density at radius 2 is 2.00 bits per heavy atom. The van der Waals surface area contributed by atoms with Gasteiger partial charge in [0.05, 0.1) is 0 Å². The molecule has 92 valence electrons. The first kappa shape index (κ1) is 10.7. The molecule has 1 aromatic rings. The van der Waals surface area contributed by atoms with E-state index in [2.05, 4.69) is 34.1 Å². The fraction of sp³-hybridized carbons (Fsp3) is 0.750. The molecule has 2 aliphatic rings. The second-order valence-electron chi connectivity index (χ2n) is 5.92. The highest BCUT2D eigenvalue weighted by atomic mass is 15.2. The Bertz CT molecular complexity index is 439. The SMILES string of the molecule is CC1(C)CC1CNc1nc(N)nc(C2CC2)n1. The van der Waals surface area contributed by atoms with Gasteiger partial charge < -0.3 is 11.1 Å². The average Bonchev–Trinajstić information content (AvgIpc) is 3.11. The van der Waals surface area contributed by atoms with Crippen LogP contribution in [-0.2, 0) is 0 Å². The zero-order valence-electron chi connectivity index (χ0n) is 10.4. The minimum atomic E-state index is 0.333. The Kier molecular flexibility index (Phi) is 2.24. The van der Waals surface area contributed by atoms with Crippen LogP contribution < -0.4 is 11.1 Å². The van der Waals surface area contributed by atoms with Gasteiger partial charge in [-0.05, 0) is 30.6 Å². The number of nitrogens with one attached hydrogen (secondary N) is 1. The van der Waals surface area contributed by atoms with Crippen LogP contribution in [0.15, 0.2) is 0 Å². The van der Waals surface area contributed by atoms with E-state index in [0.717, 1.165) is 18.3 Å². The summed E-state index contributed by atoms with van der Waals surface area (Å²) in [5.74, 6) is 3.07. The Hall–Kier alpha value is -1.39. The molecule has 2 saturated carbocycles. The number of anilines is 2. The molecule has 0 aliphatic heterocycles. The summed E-state index contributed by atoms with van der Waals surface area (Å²) in [5.41, 5.74) is 6.18.